The van der Waals surface area contributed by atoms with Crippen LogP contribution in [0.15, 0.2) is 46.5 Å². The van der Waals surface area contributed by atoms with Crippen molar-refractivity contribution in [2.24, 2.45) is 10.1 Å². The number of ether oxygens (including phenoxy) is 2. The molecule has 9 nitrogen and oxygen atoms in total. The quantitative estimate of drug-likeness (QED) is 0.457. The van der Waals surface area contributed by atoms with Gasteiger partial charge in [-0.15, -0.1) is 0 Å². The monoisotopic (exact) mass is 431 g/mol. The van der Waals surface area contributed by atoms with Gasteiger partial charge in [-0.2, -0.15) is 5.10 Å². The number of guanidine groups is 1. The normalized spacial score (nSPS) is 15.4. The van der Waals surface area contributed by atoms with E-state index in [0.29, 0.717) is 17.1 Å². The molecule has 0 fully saturated rings. The first kappa shape index (κ1) is 21.7. The number of rotatable bonds is 7. The van der Waals surface area contributed by atoms with Crippen molar-refractivity contribution in [2.75, 3.05) is 19.5 Å². The first-order valence-corrected chi connectivity index (χ1v) is 9.04. The van der Waals surface area contributed by atoms with Gasteiger partial charge in [0.2, 0.25) is 11.9 Å². The largest absolute Gasteiger partial charge is 0.493 e. The minimum absolute atomic E-state index is 0.0733. The Morgan fingerprint density at radius 3 is 2.65 bits per heavy atom. The van der Waals surface area contributed by atoms with E-state index < -0.39 is 29.5 Å². The lowest BCUT2D eigenvalue weighted by Gasteiger charge is -2.07. The summed E-state index contributed by atoms with van der Waals surface area (Å²) in [5.41, 5.74) is 3.36. The Bertz CT molecular complexity index is 1060. The zero-order chi connectivity index (χ0) is 22.4. The first-order valence-electron chi connectivity index (χ1n) is 9.04. The fourth-order valence-electron chi connectivity index (χ4n) is 2.70. The summed E-state index contributed by atoms with van der Waals surface area (Å²) >= 11 is 0. The molecule has 31 heavy (non-hydrogen) atoms. The summed E-state index contributed by atoms with van der Waals surface area (Å²) in [6.45, 7) is 0. The summed E-state index contributed by atoms with van der Waals surface area (Å²) in [5.74, 6) is -2.01. The minimum atomic E-state index is -1.09. The number of nitrogens with one attached hydrogen (secondary N) is 3. The van der Waals surface area contributed by atoms with Gasteiger partial charge < -0.3 is 14.8 Å². The van der Waals surface area contributed by atoms with Gasteiger partial charge in [-0.25, -0.2) is 19.2 Å². The molecule has 1 heterocycles. The molecule has 11 heteroatoms. The van der Waals surface area contributed by atoms with Gasteiger partial charge in [0.25, 0.3) is 5.91 Å². The standard InChI is InChI=1S/C20H19F2N5O4/c1-30-16-6-3-11(7-17(16)31-2)10-23-27-20-25-15(19(29)26-20)9-18(28)24-12-4-5-13(21)14(22)8-12/h3-8,10,15H,9H2,1-2H3,(H,24,28)(H2,25,26,27,29)/b23-10+. The van der Waals surface area contributed by atoms with E-state index in [-0.39, 0.29) is 18.1 Å². The molecule has 3 rings (SSSR count). The summed E-state index contributed by atoms with van der Waals surface area (Å²) in [7, 11) is 3.05. The van der Waals surface area contributed by atoms with E-state index in [1.165, 1.54) is 26.5 Å². The van der Waals surface area contributed by atoms with Crippen molar-refractivity contribution >= 4 is 29.7 Å². The smallest absolute Gasteiger partial charge is 0.252 e. The number of nitrogens with zero attached hydrogens (tertiary/aromatic N) is 2. The van der Waals surface area contributed by atoms with Crippen LogP contribution in [0.4, 0.5) is 14.5 Å². The van der Waals surface area contributed by atoms with Crippen molar-refractivity contribution in [3.8, 4) is 11.5 Å². The molecule has 0 saturated heterocycles. The Kier molecular flexibility index (Phi) is 6.75. The molecular weight excluding hydrogens is 412 g/mol. The maximum Gasteiger partial charge on any atom is 0.252 e. The van der Waals surface area contributed by atoms with E-state index in [2.05, 4.69) is 26.2 Å². The molecule has 2 aromatic rings. The van der Waals surface area contributed by atoms with Crippen molar-refractivity contribution in [1.29, 1.82) is 0 Å². The van der Waals surface area contributed by atoms with E-state index in [1.54, 1.807) is 18.2 Å². The maximum absolute atomic E-state index is 13.2. The van der Waals surface area contributed by atoms with E-state index in [0.717, 1.165) is 12.1 Å². The third-order valence-electron chi connectivity index (χ3n) is 4.20. The van der Waals surface area contributed by atoms with Gasteiger partial charge in [-0.05, 0) is 35.9 Å². The van der Waals surface area contributed by atoms with Gasteiger partial charge in [0.05, 0.1) is 26.9 Å². The fraction of sp³-hybridized carbons (Fsp3) is 0.200. The number of hydrogen-bond donors (Lipinski definition) is 3. The zero-order valence-electron chi connectivity index (χ0n) is 16.6. The lowest BCUT2D eigenvalue weighted by molar-refractivity contribution is -0.123. The maximum atomic E-state index is 13.2. The Morgan fingerprint density at radius 2 is 1.94 bits per heavy atom. The first-order chi connectivity index (χ1) is 14.9. The Morgan fingerprint density at radius 1 is 1.16 bits per heavy atom. The van der Waals surface area contributed by atoms with Crippen LogP contribution in [0.25, 0.3) is 0 Å². The Balaban J connectivity index is 1.56. The van der Waals surface area contributed by atoms with E-state index in [9.17, 15) is 18.4 Å². The third-order valence-corrected chi connectivity index (χ3v) is 4.20. The highest BCUT2D eigenvalue weighted by Gasteiger charge is 2.28. The number of hydrogen-bond acceptors (Lipinski definition) is 7. The summed E-state index contributed by atoms with van der Waals surface area (Å²) in [4.78, 5) is 28.2. The number of carbonyl (C=O) groups excluding carboxylic acids is 2. The van der Waals surface area contributed by atoms with Gasteiger partial charge in [-0.1, -0.05) is 0 Å². The van der Waals surface area contributed by atoms with Gasteiger partial charge >= 0.3 is 0 Å². The number of methoxy groups -OCH3 is 2. The lowest BCUT2D eigenvalue weighted by atomic mass is 10.2. The predicted octanol–water partition coefficient (Wildman–Crippen LogP) is 1.79. The van der Waals surface area contributed by atoms with Crippen LogP contribution in [0.2, 0.25) is 0 Å². The molecule has 1 aliphatic heterocycles. The molecule has 3 N–H and O–H groups in total. The topological polar surface area (TPSA) is 113 Å². The number of amides is 2. The zero-order valence-corrected chi connectivity index (χ0v) is 16.6. The van der Waals surface area contributed by atoms with E-state index in [4.69, 9.17) is 9.47 Å². The predicted molar refractivity (Wildman–Crippen MR) is 109 cm³/mol. The molecule has 0 bridgehead atoms. The van der Waals surface area contributed by atoms with E-state index >= 15 is 0 Å². The highest BCUT2D eigenvalue weighted by molar-refractivity contribution is 6.07. The fourth-order valence-corrected chi connectivity index (χ4v) is 2.70. The second kappa shape index (κ2) is 9.65. The summed E-state index contributed by atoms with van der Waals surface area (Å²) < 4.78 is 36.5. The second-order valence-electron chi connectivity index (χ2n) is 6.35. The van der Waals surface area contributed by atoms with Crippen molar-refractivity contribution in [3.63, 3.8) is 0 Å². The molecule has 0 aromatic heterocycles. The number of benzene rings is 2. The third kappa shape index (κ3) is 5.53. The number of anilines is 1. The molecule has 2 amide bonds. The molecule has 1 aliphatic rings. The molecule has 162 valence electrons. The summed E-state index contributed by atoms with van der Waals surface area (Å²) in [6.07, 6.45) is 1.20. The van der Waals surface area contributed by atoms with Gasteiger partial charge in [0, 0.05) is 11.8 Å². The molecule has 0 radical (unpaired) electrons. The molecule has 1 unspecified atom stereocenters. The second-order valence-corrected chi connectivity index (χ2v) is 6.35. The van der Waals surface area contributed by atoms with Crippen LogP contribution in [-0.4, -0.2) is 44.2 Å². The van der Waals surface area contributed by atoms with Gasteiger partial charge in [0.15, 0.2) is 23.1 Å². The number of carbonyl (C=O) groups is 2. The Hall–Kier alpha value is -4.02. The average molecular weight is 431 g/mol. The highest BCUT2D eigenvalue weighted by atomic mass is 19.2. The van der Waals surface area contributed by atoms with E-state index in [1.807, 2.05) is 0 Å². The van der Waals surface area contributed by atoms with Crippen LogP contribution in [0, 0.1) is 11.6 Å². The van der Waals surface area contributed by atoms with Crippen LogP contribution >= 0.6 is 0 Å². The molecule has 0 spiro atoms. The summed E-state index contributed by atoms with van der Waals surface area (Å²) in [6, 6.07) is 7.16. The molecule has 1 atom stereocenters. The number of hydrazone groups is 1. The average Bonchev–Trinajstić information content (AvgIpc) is 3.09. The van der Waals surface area contributed by atoms with Crippen LogP contribution in [0.5, 0.6) is 11.5 Å². The minimum Gasteiger partial charge on any atom is -0.493 e. The molecule has 0 saturated carbocycles. The van der Waals surface area contributed by atoms with Gasteiger partial charge in [-0.3, -0.25) is 14.9 Å². The lowest BCUT2D eigenvalue weighted by Crippen LogP contribution is -2.35. The van der Waals surface area contributed by atoms with Crippen LogP contribution in [0.1, 0.15) is 12.0 Å². The highest BCUT2D eigenvalue weighted by Crippen LogP contribution is 2.26. The van der Waals surface area contributed by atoms with Crippen LogP contribution < -0.4 is 25.5 Å². The van der Waals surface area contributed by atoms with Crippen molar-refractivity contribution < 1.29 is 27.8 Å². The van der Waals surface area contributed by atoms with Crippen molar-refractivity contribution in [3.05, 3.63) is 53.6 Å². The molecule has 2 aromatic carbocycles. The van der Waals surface area contributed by atoms with Crippen LogP contribution in [0.3, 0.4) is 0 Å². The SMILES string of the molecule is COc1ccc(/C=N/NC2=NC(CC(=O)Nc3ccc(F)c(F)c3)C(=O)N2)cc1OC. The number of aliphatic imine (C=N–C) groups is 1. The Labute approximate surface area is 176 Å². The molecular formula is C20H19F2N5O4. The van der Waals surface area contributed by atoms with Crippen molar-refractivity contribution in [2.45, 2.75) is 12.5 Å². The van der Waals surface area contributed by atoms with Crippen molar-refractivity contribution in [1.82, 2.24) is 10.7 Å². The summed E-state index contributed by atoms with van der Waals surface area (Å²) in [5, 5.41) is 8.85. The molecule has 0 aliphatic carbocycles. The number of halogens is 2. The van der Waals surface area contributed by atoms with Gasteiger partial charge in [0.1, 0.15) is 6.04 Å². The van der Waals surface area contributed by atoms with Crippen LogP contribution in [-0.2, 0) is 9.59 Å².